The lowest BCUT2D eigenvalue weighted by Crippen LogP contribution is -2.43. The van der Waals surface area contributed by atoms with Gasteiger partial charge in [0.15, 0.2) is 0 Å². The summed E-state index contributed by atoms with van der Waals surface area (Å²) in [4.78, 5) is 2.50. The molecule has 0 radical (unpaired) electrons. The zero-order chi connectivity index (χ0) is 13.1. The second kappa shape index (κ2) is 5.93. The molecule has 0 saturated carbocycles. The number of para-hydroxylation sites is 1. The van der Waals surface area contributed by atoms with Crippen molar-refractivity contribution in [3.63, 3.8) is 0 Å². The highest BCUT2D eigenvalue weighted by molar-refractivity contribution is 5.39. The minimum Gasteiger partial charge on any atom is -0.493 e. The number of piperidine rings is 1. The Kier molecular flexibility index (Phi) is 4.04. The molecule has 2 heterocycles. The van der Waals surface area contributed by atoms with Crippen molar-refractivity contribution >= 4 is 0 Å². The summed E-state index contributed by atoms with van der Waals surface area (Å²) in [6.45, 7) is 4.21. The summed E-state index contributed by atoms with van der Waals surface area (Å²) in [7, 11) is 2.25. The second-order valence-electron chi connectivity index (χ2n) is 5.83. The van der Waals surface area contributed by atoms with E-state index in [0.29, 0.717) is 12.0 Å². The molecule has 0 amide bonds. The highest BCUT2D eigenvalue weighted by Crippen LogP contribution is 2.32. The molecule has 0 spiro atoms. The van der Waals surface area contributed by atoms with Crippen LogP contribution in [0.15, 0.2) is 24.3 Å². The van der Waals surface area contributed by atoms with E-state index in [0.717, 1.165) is 25.4 Å². The molecular weight excluding hydrogens is 236 g/mol. The maximum Gasteiger partial charge on any atom is 0.122 e. The summed E-state index contributed by atoms with van der Waals surface area (Å²) in [5.41, 5.74) is 1.37. The third kappa shape index (κ3) is 2.93. The normalized spacial score (nSPS) is 27.0. The zero-order valence-corrected chi connectivity index (χ0v) is 11.8. The molecule has 2 unspecified atom stereocenters. The molecule has 104 valence electrons. The molecule has 1 fully saturated rings. The van der Waals surface area contributed by atoms with Gasteiger partial charge in [-0.15, -0.1) is 0 Å². The van der Waals surface area contributed by atoms with Gasteiger partial charge in [0.05, 0.1) is 6.61 Å². The van der Waals surface area contributed by atoms with Crippen molar-refractivity contribution < 1.29 is 4.74 Å². The highest BCUT2D eigenvalue weighted by atomic mass is 16.5. The molecule has 3 rings (SSSR count). The van der Waals surface area contributed by atoms with Crippen LogP contribution in [0.25, 0.3) is 0 Å². The Morgan fingerprint density at radius 2 is 2.16 bits per heavy atom. The Morgan fingerprint density at radius 3 is 3.05 bits per heavy atom. The van der Waals surface area contributed by atoms with E-state index < -0.39 is 0 Å². The predicted octanol–water partition coefficient (Wildman–Crippen LogP) is 2.24. The number of likely N-dealkylation sites (tertiary alicyclic amines) is 1. The van der Waals surface area contributed by atoms with Crippen LogP contribution >= 0.6 is 0 Å². The van der Waals surface area contributed by atoms with Crippen LogP contribution in [0, 0.1) is 0 Å². The number of nitrogens with one attached hydrogen (secondary N) is 1. The summed E-state index contributed by atoms with van der Waals surface area (Å²) < 4.78 is 5.72. The van der Waals surface area contributed by atoms with Crippen LogP contribution in [0.3, 0.4) is 0 Å². The molecular formula is C16H24N2O. The van der Waals surface area contributed by atoms with Crippen molar-refractivity contribution in [3.8, 4) is 5.75 Å². The Labute approximate surface area is 115 Å². The topological polar surface area (TPSA) is 24.5 Å². The van der Waals surface area contributed by atoms with Crippen molar-refractivity contribution in [1.82, 2.24) is 10.2 Å². The fraction of sp³-hybridized carbons (Fsp3) is 0.625. The first kappa shape index (κ1) is 12.9. The molecule has 2 atom stereocenters. The Morgan fingerprint density at radius 1 is 1.26 bits per heavy atom. The second-order valence-corrected chi connectivity index (χ2v) is 5.83. The van der Waals surface area contributed by atoms with Gasteiger partial charge in [0.25, 0.3) is 0 Å². The molecule has 19 heavy (non-hydrogen) atoms. The number of hydrogen-bond donors (Lipinski definition) is 1. The predicted molar refractivity (Wildman–Crippen MR) is 77.8 cm³/mol. The molecule has 1 aromatic carbocycles. The summed E-state index contributed by atoms with van der Waals surface area (Å²) in [6, 6.07) is 9.14. The SMILES string of the molecule is CN1CCCCC1CNCC1COc2ccccc21. The smallest absolute Gasteiger partial charge is 0.122 e. The first-order valence-corrected chi connectivity index (χ1v) is 7.47. The summed E-state index contributed by atoms with van der Waals surface area (Å²) in [6.07, 6.45) is 4.07. The van der Waals surface area contributed by atoms with E-state index in [1.165, 1.54) is 31.4 Å². The fourth-order valence-electron chi connectivity index (χ4n) is 3.22. The first-order valence-electron chi connectivity index (χ1n) is 7.47. The molecule has 1 N–H and O–H groups in total. The van der Waals surface area contributed by atoms with Gasteiger partial charge in [-0.25, -0.2) is 0 Å². The van der Waals surface area contributed by atoms with Crippen molar-refractivity contribution in [2.75, 3.05) is 33.3 Å². The number of rotatable bonds is 4. The van der Waals surface area contributed by atoms with Crippen molar-refractivity contribution in [1.29, 1.82) is 0 Å². The minimum atomic E-state index is 0.519. The van der Waals surface area contributed by atoms with E-state index >= 15 is 0 Å². The summed E-state index contributed by atoms with van der Waals surface area (Å²) >= 11 is 0. The van der Waals surface area contributed by atoms with E-state index in [4.69, 9.17) is 4.74 Å². The number of fused-ring (bicyclic) bond motifs is 1. The maximum atomic E-state index is 5.72. The van der Waals surface area contributed by atoms with E-state index in [1.54, 1.807) is 0 Å². The lowest BCUT2D eigenvalue weighted by atomic mass is 10.0. The minimum absolute atomic E-state index is 0.519. The molecule has 1 aromatic rings. The molecule has 2 aliphatic heterocycles. The van der Waals surface area contributed by atoms with Crippen LogP contribution in [-0.4, -0.2) is 44.2 Å². The van der Waals surface area contributed by atoms with Crippen LogP contribution in [0.2, 0.25) is 0 Å². The molecule has 0 bridgehead atoms. The highest BCUT2D eigenvalue weighted by Gasteiger charge is 2.24. The van der Waals surface area contributed by atoms with E-state index in [-0.39, 0.29) is 0 Å². The number of hydrogen-bond acceptors (Lipinski definition) is 3. The first-order chi connectivity index (χ1) is 9.34. The van der Waals surface area contributed by atoms with Crippen molar-refractivity contribution in [2.45, 2.75) is 31.2 Å². The number of ether oxygens (including phenoxy) is 1. The lowest BCUT2D eigenvalue weighted by molar-refractivity contribution is 0.180. The Hall–Kier alpha value is -1.06. The molecule has 0 aromatic heterocycles. The third-order valence-corrected chi connectivity index (χ3v) is 4.49. The molecule has 1 saturated heterocycles. The fourth-order valence-corrected chi connectivity index (χ4v) is 3.22. The third-order valence-electron chi connectivity index (χ3n) is 4.49. The summed E-state index contributed by atoms with van der Waals surface area (Å²) in [5.74, 6) is 1.59. The Balaban J connectivity index is 1.48. The van der Waals surface area contributed by atoms with E-state index in [9.17, 15) is 0 Å². The Bertz CT molecular complexity index is 421. The van der Waals surface area contributed by atoms with Gasteiger partial charge in [-0.3, -0.25) is 0 Å². The standard InChI is InChI=1S/C16H24N2O/c1-18-9-5-4-6-14(18)11-17-10-13-12-19-16-8-3-2-7-15(13)16/h2-3,7-8,13-14,17H,4-6,9-12H2,1H3. The van der Waals surface area contributed by atoms with Crippen LogP contribution < -0.4 is 10.1 Å². The largest absolute Gasteiger partial charge is 0.493 e. The summed E-state index contributed by atoms with van der Waals surface area (Å²) in [5, 5.41) is 3.65. The molecule has 0 aliphatic carbocycles. The molecule has 3 heteroatoms. The van der Waals surface area contributed by atoms with Gasteiger partial charge in [-0.1, -0.05) is 24.6 Å². The van der Waals surface area contributed by atoms with Gasteiger partial charge in [-0.2, -0.15) is 0 Å². The van der Waals surface area contributed by atoms with Crippen LogP contribution in [0.5, 0.6) is 5.75 Å². The van der Waals surface area contributed by atoms with Crippen LogP contribution in [0.1, 0.15) is 30.7 Å². The monoisotopic (exact) mass is 260 g/mol. The van der Waals surface area contributed by atoms with Crippen molar-refractivity contribution in [2.24, 2.45) is 0 Å². The van der Waals surface area contributed by atoms with Gasteiger partial charge in [-0.05, 0) is 32.5 Å². The van der Waals surface area contributed by atoms with E-state index in [2.05, 4.69) is 35.5 Å². The number of nitrogens with zero attached hydrogens (tertiary/aromatic N) is 1. The van der Waals surface area contributed by atoms with Gasteiger partial charge in [0.1, 0.15) is 5.75 Å². The quantitative estimate of drug-likeness (QED) is 0.898. The zero-order valence-electron chi connectivity index (χ0n) is 11.8. The lowest BCUT2D eigenvalue weighted by Gasteiger charge is -2.32. The molecule has 3 nitrogen and oxygen atoms in total. The van der Waals surface area contributed by atoms with Gasteiger partial charge in [0, 0.05) is 30.6 Å². The number of benzene rings is 1. The number of likely N-dealkylation sites (N-methyl/N-ethyl adjacent to an activating group) is 1. The van der Waals surface area contributed by atoms with Gasteiger partial charge >= 0.3 is 0 Å². The van der Waals surface area contributed by atoms with Gasteiger partial charge in [0.2, 0.25) is 0 Å². The van der Waals surface area contributed by atoms with Crippen molar-refractivity contribution in [3.05, 3.63) is 29.8 Å². The average molecular weight is 260 g/mol. The van der Waals surface area contributed by atoms with Crippen LogP contribution in [0.4, 0.5) is 0 Å². The van der Waals surface area contributed by atoms with Gasteiger partial charge < -0.3 is 15.0 Å². The van der Waals surface area contributed by atoms with E-state index in [1.807, 2.05) is 6.07 Å². The molecule has 2 aliphatic rings. The van der Waals surface area contributed by atoms with Crippen LogP contribution in [-0.2, 0) is 0 Å². The maximum absolute atomic E-state index is 5.72. The average Bonchev–Trinajstić information content (AvgIpc) is 2.85.